The molecule has 35 heavy (non-hydrogen) atoms. The maximum atomic E-state index is 14.5. The Labute approximate surface area is 205 Å². The number of nitrogens with one attached hydrogen (secondary N) is 1. The van der Waals surface area contributed by atoms with Crippen LogP contribution in [0.5, 0.6) is 5.75 Å². The van der Waals surface area contributed by atoms with Crippen molar-refractivity contribution in [3.8, 4) is 5.75 Å². The van der Waals surface area contributed by atoms with Crippen molar-refractivity contribution in [1.82, 2.24) is 10.2 Å². The molecule has 3 aromatic carbocycles. The summed E-state index contributed by atoms with van der Waals surface area (Å²) in [6, 6.07) is 16.8. The van der Waals surface area contributed by atoms with E-state index in [1.165, 1.54) is 12.1 Å². The predicted octanol–water partition coefficient (Wildman–Crippen LogP) is 7.35. The first-order valence-electron chi connectivity index (χ1n) is 11.2. The summed E-state index contributed by atoms with van der Waals surface area (Å²) in [5.74, 6) is -1.11. The lowest BCUT2D eigenvalue weighted by atomic mass is 9.73. The zero-order valence-electron chi connectivity index (χ0n) is 18.7. The van der Waals surface area contributed by atoms with Crippen LogP contribution in [-0.2, 0) is 4.79 Å². The van der Waals surface area contributed by atoms with Crippen LogP contribution < -0.4 is 4.74 Å². The highest BCUT2D eigenvalue weighted by atomic mass is 35.5. The fraction of sp³-hybridized carbons (Fsp3) is 0.143. The molecular formula is C28H21ClF2N2O2. The number of para-hydroxylation sites is 1. The number of aromatic amines is 1. The number of ether oxygens (including phenoxy) is 1. The Morgan fingerprint density at radius 3 is 2.60 bits per heavy atom. The minimum atomic E-state index is -0.599. The molecule has 5 rings (SSSR count). The zero-order chi connectivity index (χ0) is 24.5. The Bertz CT molecular complexity index is 1490. The van der Waals surface area contributed by atoms with Crippen molar-refractivity contribution in [3.63, 3.8) is 0 Å². The second-order valence-corrected chi connectivity index (χ2v) is 8.84. The standard InChI is InChI=1S/C28H21ClF2N2O2/c1-2-25(34)35-24-9-4-3-8-20(24)27(17-10-13-23-21(14-17)28(31)33-32-23)26(16-6-5-7-16)19-12-11-18(30)15-22(19)29/h2-4,8-16H,1,5-7H2,(H,32,33)/b27-26+. The molecule has 176 valence electrons. The number of rotatable bonds is 6. The molecule has 0 saturated heterocycles. The molecule has 1 aliphatic carbocycles. The molecule has 1 heterocycles. The second-order valence-electron chi connectivity index (χ2n) is 8.43. The molecule has 0 radical (unpaired) electrons. The van der Waals surface area contributed by atoms with Crippen LogP contribution in [0.2, 0.25) is 5.02 Å². The Kier molecular flexibility index (Phi) is 6.22. The lowest BCUT2D eigenvalue weighted by Gasteiger charge is -2.32. The monoisotopic (exact) mass is 490 g/mol. The van der Waals surface area contributed by atoms with Crippen LogP contribution in [0.3, 0.4) is 0 Å². The smallest absolute Gasteiger partial charge is 0.335 e. The Hall–Kier alpha value is -3.77. The van der Waals surface area contributed by atoms with E-state index >= 15 is 0 Å². The molecule has 0 spiro atoms. The Balaban J connectivity index is 1.86. The Morgan fingerprint density at radius 1 is 1.09 bits per heavy atom. The topological polar surface area (TPSA) is 55.0 Å². The third kappa shape index (κ3) is 4.37. The number of aromatic nitrogens is 2. The molecule has 0 bridgehead atoms. The molecule has 4 aromatic rings. The summed E-state index contributed by atoms with van der Waals surface area (Å²) in [5.41, 5.74) is 4.13. The van der Waals surface area contributed by atoms with Crippen molar-refractivity contribution >= 4 is 39.6 Å². The van der Waals surface area contributed by atoms with Crippen LogP contribution in [0.25, 0.3) is 22.0 Å². The molecule has 1 saturated carbocycles. The first-order valence-corrected chi connectivity index (χ1v) is 11.6. The van der Waals surface area contributed by atoms with Gasteiger partial charge in [0, 0.05) is 11.6 Å². The summed E-state index contributed by atoms with van der Waals surface area (Å²) in [6.45, 7) is 3.49. The highest BCUT2D eigenvalue weighted by Gasteiger charge is 2.30. The predicted molar refractivity (Wildman–Crippen MR) is 133 cm³/mol. The van der Waals surface area contributed by atoms with Crippen molar-refractivity contribution in [2.24, 2.45) is 5.92 Å². The number of hydrogen-bond acceptors (Lipinski definition) is 3. The van der Waals surface area contributed by atoms with E-state index in [1.807, 2.05) is 18.2 Å². The van der Waals surface area contributed by atoms with Gasteiger partial charge in [-0.3, -0.25) is 5.10 Å². The van der Waals surface area contributed by atoms with Crippen LogP contribution >= 0.6 is 11.6 Å². The first kappa shape index (κ1) is 23.0. The van der Waals surface area contributed by atoms with Crippen molar-refractivity contribution in [2.45, 2.75) is 19.3 Å². The highest BCUT2D eigenvalue weighted by Crippen LogP contribution is 2.48. The average molecular weight is 491 g/mol. The molecule has 7 heteroatoms. The third-order valence-corrected chi connectivity index (χ3v) is 6.65. The number of allylic oxidation sites excluding steroid dienone is 1. The van der Waals surface area contributed by atoms with Gasteiger partial charge in [0.15, 0.2) is 0 Å². The average Bonchev–Trinajstić information content (AvgIpc) is 3.19. The van der Waals surface area contributed by atoms with E-state index in [0.717, 1.165) is 36.5 Å². The lowest BCUT2D eigenvalue weighted by Crippen LogP contribution is -2.16. The summed E-state index contributed by atoms with van der Waals surface area (Å²) in [4.78, 5) is 12.1. The number of carbonyl (C=O) groups is 1. The fourth-order valence-corrected chi connectivity index (χ4v) is 4.74. The quantitative estimate of drug-likeness (QED) is 0.133. The largest absolute Gasteiger partial charge is 0.423 e. The maximum absolute atomic E-state index is 14.5. The lowest BCUT2D eigenvalue weighted by molar-refractivity contribution is -0.128. The maximum Gasteiger partial charge on any atom is 0.335 e. The number of benzene rings is 3. The summed E-state index contributed by atoms with van der Waals surface area (Å²) < 4.78 is 34.0. The van der Waals surface area contributed by atoms with Crippen molar-refractivity contribution < 1.29 is 18.3 Å². The van der Waals surface area contributed by atoms with Crippen molar-refractivity contribution in [1.29, 1.82) is 0 Å². The Morgan fingerprint density at radius 2 is 1.89 bits per heavy atom. The minimum Gasteiger partial charge on any atom is -0.423 e. The van der Waals surface area contributed by atoms with E-state index < -0.39 is 17.7 Å². The summed E-state index contributed by atoms with van der Waals surface area (Å²) in [5, 5.41) is 6.97. The number of H-pyrrole nitrogens is 1. The molecule has 0 amide bonds. The van der Waals surface area contributed by atoms with E-state index in [1.54, 1.807) is 30.3 Å². The van der Waals surface area contributed by atoms with Gasteiger partial charge in [-0.05, 0) is 71.4 Å². The molecule has 1 aliphatic rings. The molecule has 1 aromatic heterocycles. The second kappa shape index (κ2) is 9.47. The van der Waals surface area contributed by atoms with Gasteiger partial charge in [0.1, 0.15) is 11.6 Å². The zero-order valence-corrected chi connectivity index (χ0v) is 19.4. The van der Waals surface area contributed by atoms with E-state index in [4.69, 9.17) is 16.3 Å². The van der Waals surface area contributed by atoms with Gasteiger partial charge in [-0.2, -0.15) is 9.49 Å². The van der Waals surface area contributed by atoms with Gasteiger partial charge in [-0.25, -0.2) is 9.18 Å². The molecule has 0 atom stereocenters. The number of halogens is 3. The number of fused-ring (bicyclic) bond motifs is 1. The summed E-state index contributed by atoms with van der Waals surface area (Å²) in [7, 11) is 0. The molecule has 0 unspecified atom stereocenters. The van der Waals surface area contributed by atoms with Crippen molar-refractivity contribution in [3.05, 3.63) is 107 Å². The van der Waals surface area contributed by atoms with Gasteiger partial charge in [0.05, 0.1) is 15.9 Å². The van der Waals surface area contributed by atoms with Gasteiger partial charge in [-0.1, -0.05) is 54.9 Å². The van der Waals surface area contributed by atoms with Crippen LogP contribution in [0.1, 0.15) is 36.0 Å². The van der Waals surface area contributed by atoms with Crippen molar-refractivity contribution in [2.75, 3.05) is 0 Å². The number of hydrogen-bond donors (Lipinski definition) is 1. The molecule has 1 N–H and O–H groups in total. The minimum absolute atomic E-state index is 0.140. The highest BCUT2D eigenvalue weighted by molar-refractivity contribution is 6.32. The van der Waals surface area contributed by atoms with Crippen LogP contribution in [0, 0.1) is 17.7 Å². The summed E-state index contributed by atoms with van der Waals surface area (Å²) in [6.07, 6.45) is 3.98. The number of esters is 1. The SMILES string of the molecule is C=CC(=O)Oc1ccccc1/C(=C(/c1ccc(F)cc1Cl)C1CCC1)c1ccc2n[nH]c(F)c2c1. The van der Waals surface area contributed by atoms with Gasteiger partial charge >= 0.3 is 5.97 Å². The van der Waals surface area contributed by atoms with Gasteiger partial charge in [0.25, 0.3) is 0 Å². The third-order valence-electron chi connectivity index (χ3n) is 6.33. The van der Waals surface area contributed by atoms with Gasteiger partial charge in [0.2, 0.25) is 5.95 Å². The first-order chi connectivity index (χ1) is 17.0. The number of carbonyl (C=O) groups excluding carboxylic acids is 1. The molecule has 1 fully saturated rings. The van der Waals surface area contributed by atoms with E-state index in [2.05, 4.69) is 16.8 Å². The molecule has 4 nitrogen and oxygen atoms in total. The number of nitrogens with zero attached hydrogens (tertiary/aromatic N) is 1. The van der Waals surface area contributed by atoms with Crippen LogP contribution in [-0.4, -0.2) is 16.2 Å². The van der Waals surface area contributed by atoms with Gasteiger partial charge in [-0.15, -0.1) is 0 Å². The van der Waals surface area contributed by atoms with E-state index in [9.17, 15) is 13.6 Å². The van der Waals surface area contributed by atoms with Gasteiger partial charge < -0.3 is 4.74 Å². The summed E-state index contributed by atoms with van der Waals surface area (Å²) >= 11 is 6.57. The van der Waals surface area contributed by atoms with Crippen LogP contribution in [0.15, 0.2) is 73.3 Å². The van der Waals surface area contributed by atoms with E-state index in [-0.39, 0.29) is 10.9 Å². The molecular weight excluding hydrogens is 470 g/mol. The van der Waals surface area contributed by atoms with E-state index in [0.29, 0.717) is 33.3 Å². The normalized spacial score (nSPS) is 14.4. The molecule has 0 aliphatic heterocycles. The van der Waals surface area contributed by atoms with Crippen LogP contribution in [0.4, 0.5) is 8.78 Å². The fourth-order valence-electron chi connectivity index (χ4n) is 4.47.